The lowest BCUT2D eigenvalue weighted by molar-refractivity contribution is -0.161. The van der Waals surface area contributed by atoms with Crippen LogP contribution in [0, 0.1) is 5.92 Å². The maximum atomic E-state index is 12.1. The van der Waals surface area contributed by atoms with Gasteiger partial charge in [-0.15, -0.1) is 0 Å². The van der Waals surface area contributed by atoms with Crippen LogP contribution in [0.15, 0.2) is 0 Å². The van der Waals surface area contributed by atoms with Gasteiger partial charge in [0.2, 0.25) is 0 Å². The first-order valence-corrected chi connectivity index (χ1v) is 18.5. The molecule has 0 aliphatic heterocycles. The smallest absolute Gasteiger partial charge is 0.306 e. The number of hydrogen-bond acceptors (Lipinski definition) is 5. The van der Waals surface area contributed by atoms with Crippen molar-refractivity contribution in [2.75, 3.05) is 13.2 Å². The highest BCUT2D eigenvalue weighted by Gasteiger charge is 2.16. The number of carbonyl (C=O) groups excluding carboxylic acids is 2. The molecule has 0 aromatic rings. The molecular weight excluding hydrogens is 524 g/mol. The fraction of sp³-hybridized carbons (Fsp3) is 0.946. The Bertz CT molecular complexity index is 579. The number of ether oxygens (including phenoxy) is 2. The lowest BCUT2D eigenvalue weighted by Crippen LogP contribution is -2.28. The lowest BCUT2D eigenvalue weighted by atomic mass is 9.99. The van der Waals surface area contributed by atoms with Gasteiger partial charge in [-0.05, 0) is 18.8 Å². The Morgan fingerprint density at radius 1 is 0.548 bits per heavy atom. The van der Waals surface area contributed by atoms with Crippen LogP contribution in [-0.4, -0.2) is 36.4 Å². The van der Waals surface area contributed by atoms with Crippen LogP contribution in [0.2, 0.25) is 0 Å². The van der Waals surface area contributed by atoms with Crippen molar-refractivity contribution >= 4 is 11.9 Å². The highest BCUT2D eigenvalue weighted by atomic mass is 16.6. The minimum atomic E-state index is -0.761. The lowest BCUT2D eigenvalue weighted by Gasteiger charge is -2.15. The molecule has 0 rings (SSSR count). The summed E-state index contributed by atoms with van der Waals surface area (Å²) in [4.78, 5) is 24.2. The standard InChI is InChI=1S/C37H72O5/c1-4-6-7-8-9-10-11-12-13-14-15-16-17-21-24-27-30-36(39)41-33-35(32-38)42-37(40)31-28-25-22-19-18-20-23-26-29-34(3)5-2/h34-35,38H,4-33H2,1-3H3/t34?,35-/m0/s1. The molecule has 42 heavy (non-hydrogen) atoms. The van der Waals surface area contributed by atoms with Crippen LogP contribution in [0.5, 0.6) is 0 Å². The van der Waals surface area contributed by atoms with Crippen molar-refractivity contribution in [3.05, 3.63) is 0 Å². The highest BCUT2D eigenvalue weighted by molar-refractivity contribution is 5.70. The van der Waals surface area contributed by atoms with Gasteiger partial charge in [0.25, 0.3) is 0 Å². The summed E-state index contributed by atoms with van der Waals surface area (Å²) >= 11 is 0. The first-order valence-electron chi connectivity index (χ1n) is 18.5. The Hall–Kier alpha value is -1.10. The quantitative estimate of drug-likeness (QED) is 0.0602. The average molecular weight is 597 g/mol. The minimum absolute atomic E-state index is 0.0586. The summed E-state index contributed by atoms with van der Waals surface area (Å²) in [6.45, 7) is 6.49. The zero-order chi connectivity index (χ0) is 30.9. The second-order valence-electron chi connectivity index (χ2n) is 12.9. The zero-order valence-corrected chi connectivity index (χ0v) is 28.4. The molecule has 0 saturated carbocycles. The number of aliphatic hydroxyl groups excluding tert-OH is 1. The summed E-state index contributed by atoms with van der Waals surface area (Å²) < 4.78 is 10.6. The van der Waals surface area contributed by atoms with Gasteiger partial charge in [0.1, 0.15) is 6.61 Å². The number of esters is 2. The molecule has 0 fully saturated rings. The summed E-state index contributed by atoms with van der Waals surface area (Å²) in [5.74, 6) is 0.276. The Kier molecular flexibility index (Phi) is 31.9. The second kappa shape index (κ2) is 32.8. The second-order valence-corrected chi connectivity index (χ2v) is 12.9. The fourth-order valence-corrected chi connectivity index (χ4v) is 5.47. The molecule has 0 aliphatic carbocycles. The van der Waals surface area contributed by atoms with Crippen LogP contribution in [0.4, 0.5) is 0 Å². The van der Waals surface area contributed by atoms with Crippen molar-refractivity contribution in [1.29, 1.82) is 0 Å². The summed E-state index contributed by atoms with van der Waals surface area (Å²) in [5.41, 5.74) is 0. The first-order chi connectivity index (χ1) is 20.5. The Morgan fingerprint density at radius 2 is 0.929 bits per heavy atom. The normalized spacial score (nSPS) is 12.8. The van der Waals surface area contributed by atoms with Gasteiger partial charge in [0.05, 0.1) is 6.61 Å². The molecule has 250 valence electrons. The molecule has 0 aromatic heterocycles. The third-order valence-corrected chi connectivity index (χ3v) is 8.69. The van der Waals surface area contributed by atoms with Crippen LogP contribution >= 0.6 is 0 Å². The van der Waals surface area contributed by atoms with E-state index in [1.54, 1.807) is 0 Å². The van der Waals surface area contributed by atoms with E-state index in [2.05, 4.69) is 20.8 Å². The first kappa shape index (κ1) is 40.9. The molecule has 0 amide bonds. The van der Waals surface area contributed by atoms with Crippen LogP contribution in [0.1, 0.15) is 201 Å². The molecule has 1 N–H and O–H groups in total. The van der Waals surface area contributed by atoms with E-state index >= 15 is 0 Å². The number of carbonyl (C=O) groups is 2. The van der Waals surface area contributed by atoms with Gasteiger partial charge in [-0.25, -0.2) is 0 Å². The van der Waals surface area contributed by atoms with Crippen LogP contribution in [-0.2, 0) is 19.1 Å². The molecule has 0 heterocycles. The number of hydrogen-bond donors (Lipinski definition) is 1. The molecule has 1 unspecified atom stereocenters. The Balaban J connectivity index is 3.52. The van der Waals surface area contributed by atoms with Crippen LogP contribution in [0.3, 0.4) is 0 Å². The summed E-state index contributed by atoms with van der Waals surface area (Å²) in [6.07, 6.45) is 33.0. The van der Waals surface area contributed by atoms with E-state index in [1.807, 2.05) is 0 Å². The predicted molar refractivity (Wildman–Crippen MR) is 178 cm³/mol. The monoisotopic (exact) mass is 597 g/mol. The number of aliphatic hydroxyl groups is 1. The van der Waals surface area contributed by atoms with E-state index in [4.69, 9.17) is 9.47 Å². The SMILES string of the molecule is CCCCCCCCCCCCCCCCCCC(=O)OC[C@H](CO)OC(=O)CCCCCCCCCCC(C)CC. The average Bonchev–Trinajstić information content (AvgIpc) is 2.99. The third kappa shape index (κ3) is 30.4. The maximum Gasteiger partial charge on any atom is 0.306 e. The molecule has 5 heteroatoms. The van der Waals surface area contributed by atoms with E-state index in [-0.39, 0.29) is 25.2 Å². The summed E-state index contributed by atoms with van der Waals surface area (Å²) in [7, 11) is 0. The van der Waals surface area contributed by atoms with Gasteiger partial charge in [-0.1, -0.05) is 175 Å². The van der Waals surface area contributed by atoms with Gasteiger partial charge in [-0.2, -0.15) is 0 Å². The minimum Gasteiger partial charge on any atom is -0.462 e. The van der Waals surface area contributed by atoms with Crippen molar-refractivity contribution in [1.82, 2.24) is 0 Å². The van der Waals surface area contributed by atoms with Crippen molar-refractivity contribution in [2.45, 2.75) is 207 Å². The van der Waals surface area contributed by atoms with Gasteiger partial charge < -0.3 is 14.6 Å². The van der Waals surface area contributed by atoms with Crippen molar-refractivity contribution in [3.63, 3.8) is 0 Å². The topological polar surface area (TPSA) is 72.8 Å². The molecule has 2 atom stereocenters. The van der Waals surface area contributed by atoms with Crippen molar-refractivity contribution < 1.29 is 24.2 Å². The molecule has 0 aliphatic rings. The molecule has 0 saturated heterocycles. The Morgan fingerprint density at radius 3 is 1.33 bits per heavy atom. The molecular formula is C37H72O5. The summed E-state index contributed by atoms with van der Waals surface area (Å²) in [6, 6.07) is 0. The Labute approximate surface area is 261 Å². The molecule has 5 nitrogen and oxygen atoms in total. The van der Waals surface area contributed by atoms with Crippen molar-refractivity contribution in [2.24, 2.45) is 5.92 Å². The van der Waals surface area contributed by atoms with Gasteiger partial charge in [-0.3, -0.25) is 9.59 Å². The number of unbranched alkanes of at least 4 members (excludes halogenated alkanes) is 22. The van der Waals surface area contributed by atoms with E-state index < -0.39 is 6.10 Å². The van der Waals surface area contributed by atoms with Gasteiger partial charge >= 0.3 is 11.9 Å². The van der Waals surface area contributed by atoms with Gasteiger partial charge in [0.15, 0.2) is 6.10 Å². The fourth-order valence-electron chi connectivity index (χ4n) is 5.47. The maximum absolute atomic E-state index is 12.1. The molecule has 0 radical (unpaired) electrons. The largest absolute Gasteiger partial charge is 0.462 e. The van der Waals surface area contributed by atoms with E-state index in [9.17, 15) is 14.7 Å². The highest BCUT2D eigenvalue weighted by Crippen LogP contribution is 2.16. The summed E-state index contributed by atoms with van der Waals surface area (Å²) in [5, 5.41) is 9.52. The molecule has 0 aromatic carbocycles. The molecule has 0 bridgehead atoms. The van der Waals surface area contributed by atoms with Crippen molar-refractivity contribution in [3.8, 4) is 0 Å². The van der Waals surface area contributed by atoms with E-state index in [1.165, 1.54) is 135 Å². The predicted octanol–water partition coefficient (Wildman–Crippen LogP) is 11.0. The molecule has 0 spiro atoms. The van der Waals surface area contributed by atoms with Gasteiger partial charge in [0, 0.05) is 12.8 Å². The third-order valence-electron chi connectivity index (χ3n) is 8.69. The van der Waals surface area contributed by atoms with E-state index in [0.29, 0.717) is 12.8 Å². The van der Waals surface area contributed by atoms with Crippen LogP contribution in [0.25, 0.3) is 0 Å². The number of rotatable bonds is 33. The zero-order valence-electron chi connectivity index (χ0n) is 28.4. The van der Waals surface area contributed by atoms with E-state index in [0.717, 1.165) is 38.0 Å². The van der Waals surface area contributed by atoms with Crippen LogP contribution < -0.4 is 0 Å².